The number of ether oxygens (including phenoxy) is 5. The molecule has 4 aliphatic rings. The number of methoxy groups -OCH3 is 3. The van der Waals surface area contributed by atoms with E-state index < -0.39 is 36.9 Å². The molecule has 0 spiro atoms. The highest BCUT2D eigenvalue weighted by Gasteiger charge is 2.59. The van der Waals surface area contributed by atoms with Gasteiger partial charge < -0.3 is 43.9 Å². The molecule has 2 bridgehead atoms. The number of piperazine rings is 1. The van der Waals surface area contributed by atoms with Gasteiger partial charge in [0.25, 0.3) is 0 Å². The number of aliphatic hydroxyl groups excluding tert-OH is 2. The van der Waals surface area contributed by atoms with Gasteiger partial charge in [-0.15, -0.1) is 0 Å². The SMILES string of the molecule is COc1c(C)c(OC)c(OC)c2c1C[C@H]1C(=O)N3[C@@H](CO)c4c5c(c(C)c(O)c4C(O)[C@H]3[C@@H]2N1C)OCO5. The predicted molar refractivity (Wildman–Crippen MR) is 133 cm³/mol. The molecule has 0 aliphatic carbocycles. The van der Waals surface area contributed by atoms with Gasteiger partial charge in [-0.05, 0) is 20.9 Å². The summed E-state index contributed by atoms with van der Waals surface area (Å²) in [6.45, 7) is 3.06. The Labute approximate surface area is 220 Å². The van der Waals surface area contributed by atoms with Gasteiger partial charge in [-0.25, -0.2) is 0 Å². The molecule has 4 heterocycles. The first-order chi connectivity index (χ1) is 18.2. The normalized spacial score (nSPS) is 27.0. The fourth-order valence-corrected chi connectivity index (χ4v) is 7.12. The standard InChI is InChI=1S/C27H32N2O9/c1-10-20(31)17-16(26-24(10)37-9-38-26)14(8-30)29-19(21(17)32)18-15-12(7-13(27(29)33)28(18)3)22(34-4)11(2)23(35-5)25(15)36-6/h13-14,18-19,21,30-32H,7-9H2,1-6H3/t13-,14-,18+,19+,21?/m0/s1. The van der Waals surface area contributed by atoms with Crippen LogP contribution in [0.3, 0.4) is 0 Å². The first-order valence-corrected chi connectivity index (χ1v) is 12.5. The van der Waals surface area contributed by atoms with Crippen molar-refractivity contribution < 1.29 is 43.8 Å². The number of fused-ring (bicyclic) bond motifs is 9. The van der Waals surface area contributed by atoms with E-state index in [1.54, 1.807) is 33.2 Å². The maximum atomic E-state index is 14.2. The Morgan fingerprint density at radius 1 is 0.947 bits per heavy atom. The number of benzene rings is 2. The Balaban J connectivity index is 1.66. The molecule has 2 aromatic carbocycles. The van der Waals surface area contributed by atoms with Crippen LogP contribution in [0.2, 0.25) is 0 Å². The molecule has 0 aromatic heterocycles. The molecule has 2 aromatic rings. The number of amides is 1. The molecule has 3 N–H and O–H groups in total. The van der Waals surface area contributed by atoms with Crippen molar-refractivity contribution in [1.29, 1.82) is 0 Å². The van der Waals surface area contributed by atoms with Crippen molar-refractivity contribution in [2.75, 3.05) is 41.8 Å². The Hall–Kier alpha value is -3.41. The van der Waals surface area contributed by atoms with Gasteiger partial charge >= 0.3 is 0 Å². The van der Waals surface area contributed by atoms with Crippen LogP contribution in [-0.4, -0.2) is 84.9 Å². The second-order valence-corrected chi connectivity index (χ2v) is 10.2. The molecule has 5 atom stereocenters. The van der Waals surface area contributed by atoms with E-state index in [9.17, 15) is 20.1 Å². The second kappa shape index (κ2) is 8.55. The number of phenolic OH excluding ortho intramolecular Hbond substituents is 1. The third-order valence-electron chi connectivity index (χ3n) is 8.71. The van der Waals surface area contributed by atoms with E-state index in [-0.39, 0.29) is 24.0 Å². The van der Waals surface area contributed by atoms with E-state index in [2.05, 4.69) is 0 Å². The monoisotopic (exact) mass is 528 g/mol. The number of carbonyl (C=O) groups excluding carboxylic acids is 1. The zero-order valence-corrected chi connectivity index (χ0v) is 22.2. The number of aliphatic hydroxyl groups is 2. The maximum Gasteiger partial charge on any atom is 0.241 e. The fourth-order valence-electron chi connectivity index (χ4n) is 7.12. The molecule has 6 rings (SSSR count). The number of rotatable bonds is 4. The van der Waals surface area contributed by atoms with E-state index in [1.165, 1.54) is 0 Å². The number of aromatic hydroxyl groups is 1. The average Bonchev–Trinajstić information content (AvgIpc) is 3.39. The minimum atomic E-state index is -1.31. The first-order valence-electron chi connectivity index (χ1n) is 12.5. The lowest BCUT2D eigenvalue weighted by Gasteiger charge is -2.58. The van der Waals surface area contributed by atoms with Crippen molar-refractivity contribution >= 4 is 5.91 Å². The Bertz CT molecular complexity index is 1360. The van der Waals surface area contributed by atoms with Crippen LogP contribution < -0.4 is 23.7 Å². The number of nitrogens with zero attached hydrogens (tertiary/aromatic N) is 2. The average molecular weight is 529 g/mol. The molecule has 1 unspecified atom stereocenters. The molecule has 0 saturated carbocycles. The lowest BCUT2D eigenvalue weighted by molar-refractivity contribution is -0.168. The summed E-state index contributed by atoms with van der Waals surface area (Å²) >= 11 is 0. The lowest BCUT2D eigenvalue weighted by Crippen LogP contribution is -2.67. The zero-order chi connectivity index (χ0) is 27.2. The van der Waals surface area contributed by atoms with E-state index >= 15 is 0 Å². The van der Waals surface area contributed by atoms with Crippen LogP contribution in [0.4, 0.5) is 0 Å². The van der Waals surface area contributed by atoms with Crippen molar-refractivity contribution in [3.05, 3.63) is 33.4 Å². The van der Waals surface area contributed by atoms with Crippen molar-refractivity contribution in [1.82, 2.24) is 9.80 Å². The molecule has 1 fully saturated rings. The van der Waals surface area contributed by atoms with Crippen molar-refractivity contribution in [2.45, 2.75) is 50.5 Å². The summed E-state index contributed by atoms with van der Waals surface area (Å²) in [6.07, 6.45) is -0.973. The Morgan fingerprint density at radius 3 is 2.24 bits per heavy atom. The highest BCUT2D eigenvalue weighted by Crippen LogP contribution is 2.61. The summed E-state index contributed by atoms with van der Waals surface area (Å²) < 4.78 is 28.8. The summed E-state index contributed by atoms with van der Waals surface area (Å²) in [5.74, 6) is 1.90. The van der Waals surface area contributed by atoms with Gasteiger partial charge in [0.1, 0.15) is 17.6 Å². The van der Waals surface area contributed by atoms with Crippen molar-refractivity contribution in [3.63, 3.8) is 0 Å². The number of phenols is 1. The van der Waals surface area contributed by atoms with E-state index in [4.69, 9.17) is 23.7 Å². The van der Waals surface area contributed by atoms with Gasteiger partial charge in [0.15, 0.2) is 23.0 Å². The van der Waals surface area contributed by atoms with E-state index in [1.807, 2.05) is 18.9 Å². The molecule has 1 amide bonds. The van der Waals surface area contributed by atoms with Gasteiger partial charge in [-0.2, -0.15) is 0 Å². The van der Waals surface area contributed by atoms with Crippen molar-refractivity contribution in [2.24, 2.45) is 0 Å². The van der Waals surface area contributed by atoms with Crippen molar-refractivity contribution in [3.8, 4) is 34.5 Å². The predicted octanol–water partition coefficient (Wildman–Crippen LogP) is 1.65. The molecular formula is C27H32N2O9. The Kier molecular flexibility index (Phi) is 5.60. The summed E-state index contributed by atoms with van der Waals surface area (Å²) in [4.78, 5) is 17.6. The smallest absolute Gasteiger partial charge is 0.241 e. The number of hydrogen-bond acceptors (Lipinski definition) is 10. The van der Waals surface area contributed by atoms with Gasteiger partial charge in [0, 0.05) is 39.8 Å². The van der Waals surface area contributed by atoms with E-state index in [0.29, 0.717) is 46.3 Å². The van der Waals surface area contributed by atoms with Gasteiger partial charge in [-0.1, -0.05) is 0 Å². The molecule has 0 radical (unpaired) electrons. The largest absolute Gasteiger partial charge is 0.507 e. The number of likely N-dealkylation sites (N-methyl/N-ethyl adjacent to an activating group) is 1. The molecule has 11 heteroatoms. The van der Waals surface area contributed by atoms with E-state index in [0.717, 1.165) is 16.7 Å². The van der Waals surface area contributed by atoms with Gasteiger partial charge in [0.2, 0.25) is 12.7 Å². The quantitative estimate of drug-likeness (QED) is 0.539. The molecule has 11 nitrogen and oxygen atoms in total. The van der Waals surface area contributed by atoms with Crippen LogP contribution in [0.5, 0.6) is 34.5 Å². The third-order valence-corrected chi connectivity index (χ3v) is 8.71. The molecule has 204 valence electrons. The highest BCUT2D eigenvalue weighted by atomic mass is 16.7. The lowest BCUT2D eigenvalue weighted by atomic mass is 9.72. The highest BCUT2D eigenvalue weighted by molar-refractivity contribution is 5.87. The fraction of sp³-hybridized carbons (Fsp3) is 0.519. The second-order valence-electron chi connectivity index (χ2n) is 10.2. The minimum absolute atomic E-state index is 0.0603. The first kappa shape index (κ1) is 24.9. The summed E-state index contributed by atoms with van der Waals surface area (Å²) in [6, 6.07) is -2.89. The maximum absolute atomic E-state index is 14.2. The topological polar surface area (TPSA) is 130 Å². The summed E-state index contributed by atoms with van der Waals surface area (Å²) in [7, 11) is 6.53. The molecular weight excluding hydrogens is 496 g/mol. The molecule has 4 aliphatic heterocycles. The van der Waals surface area contributed by atoms with Crippen LogP contribution in [-0.2, 0) is 11.2 Å². The van der Waals surface area contributed by atoms with Gasteiger partial charge in [0.05, 0.1) is 52.1 Å². The minimum Gasteiger partial charge on any atom is -0.507 e. The number of carbonyl (C=O) groups is 1. The van der Waals surface area contributed by atoms with Crippen LogP contribution >= 0.6 is 0 Å². The van der Waals surface area contributed by atoms with Crippen LogP contribution in [0.1, 0.15) is 51.6 Å². The third kappa shape index (κ3) is 2.86. The van der Waals surface area contributed by atoms with Crippen LogP contribution in [0.25, 0.3) is 0 Å². The van der Waals surface area contributed by atoms with Crippen LogP contribution in [0.15, 0.2) is 0 Å². The summed E-state index contributed by atoms with van der Waals surface area (Å²) in [5.41, 5.74) is 3.33. The zero-order valence-electron chi connectivity index (χ0n) is 22.2. The van der Waals surface area contributed by atoms with Crippen LogP contribution in [0, 0.1) is 13.8 Å². The molecule has 38 heavy (non-hydrogen) atoms. The number of hydrogen-bond donors (Lipinski definition) is 3. The summed E-state index contributed by atoms with van der Waals surface area (Å²) in [5, 5.41) is 33.9. The molecule has 1 saturated heterocycles. The Morgan fingerprint density at radius 2 is 1.61 bits per heavy atom. The van der Waals surface area contributed by atoms with Gasteiger partial charge in [-0.3, -0.25) is 9.69 Å².